The van der Waals surface area contributed by atoms with E-state index < -0.39 is 0 Å². The fraction of sp³-hybridized carbons (Fsp3) is 0.333. The van der Waals surface area contributed by atoms with Gasteiger partial charge in [0.1, 0.15) is 5.82 Å². The third kappa shape index (κ3) is 5.61. The van der Waals surface area contributed by atoms with E-state index in [2.05, 4.69) is 47.6 Å². The lowest BCUT2D eigenvalue weighted by molar-refractivity contribution is 0.130. The van der Waals surface area contributed by atoms with E-state index in [0.717, 1.165) is 6.42 Å². The lowest BCUT2D eigenvalue weighted by atomic mass is 10.0. The molecule has 0 aliphatic carbocycles. The van der Waals surface area contributed by atoms with Gasteiger partial charge in [0, 0.05) is 6.20 Å². The number of nitrogens with one attached hydrogen (secondary N) is 1. The van der Waals surface area contributed by atoms with Gasteiger partial charge in [0.05, 0.1) is 37.4 Å². The standard InChI is InChI=1S/C18H22N4O/c1-14-5-7-15(8-6-14)12-16(13-23-11-3-9-19)22-18-17(20)4-2-10-21-18/h2,4-8,10,16H,3,11-13,20H2,1H3,(H,21,22). The normalized spacial score (nSPS) is 11.7. The van der Waals surface area contributed by atoms with Crippen LogP contribution in [0.15, 0.2) is 42.6 Å². The summed E-state index contributed by atoms with van der Waals surface area (Å²) in [5.74, 6) is 0.661. The first kappa shape index (κ1) is 16.8. The van der Waals surface area contributed by atoms with Crippen LogP contribution >= 0.6 is 0 Å². The quantitative estimate of drug-likeness (QED) is 0.732. The number of hydrogen-bond acceptors (Lipinski definition) is 5. The summed E-state index contributed by atoms with van der Waals surface area (Å²) in [4.78, 5) is 4.27. The van der Waals surface area contributed by atoms with E-state index in [9.17, 15) is 0 Å². The Kier molecular flexibility index (Phi) is 6.40. The van der Waals surface area contributed by atoms with Crippen molar-refractivity contribution >= 4 is 11.5 Å². The van der Waals surface area contributed by atoms with E-state index in [1.807, 2.05) is 6.07 Å². The van der Waals surface area contributed by atoms with Crippen molar-refractivity contribution in [2.45, 2.75) is 25.8 Å². The summed E-state index contributed by atoms with van der Waals surface area (Å²) in [6.07, 6.45) is 2.89. The van der Waals surface area contributed by atoms with Gasteiger partial charge in [-0.05, 0) is 31.0 Å². The molecule has 120 valence electrons. The van der Waals surface area contributed by atoms with Gasteiger partial charge in [-0.1, -0.05) is 29.8 Å². The maximum absolute atomic E-state index is 8.59. The monoisotopic (exact) mass is 310 g/mol. The molecule has 0 radical (unpaired) electrons. The fourth-order valence-corrected chi connectivity index (χ4v) is 2.24. The maximum atomic E-state index is 8.59. The van der Waals surface area contributed by atoms with Crippen LogP contribution < -0.4 is 11.1 Å². The second kappa shape index (κ2) is 8.76. The average molecular weight is 310 g/mol. The van der Waals surface area contributed by atoms with Crippen molar-refractivity contribution in [2.24, 2.45) is 0 Å². The van der Waals surface area contributed by atoms with Crippen LogP contribution in [-0.4, -0.2) is 24.2 Å². The van der Waals surface area contributed by atoms with Gasteiger partial charge in [0.2, 0.25) is 0 Å². The molecule has 1 aromatic heterocycles. The van der Waals surface area contributed by atoms with Crippen LogP contribution in [0.25, 0.3) is 0 Å². The van der Waals surface area contributed by atoms with E-state index in [-0.39, 0.29) is 6.04 Å². The molecule has 0 saturated carbocycles. The number of ether oxygens (including phenoxy) is 1. The number of nitriles is 1. The van der Waals surface area contributed by atoms with Gasteiger partial charge in [-0.15, -0.1) is 0 Å². The number of nitrogens with zero attached hydrogens (tertiary/aromatic N) is 2. The Morgan fingerprint density at radius 3 is 2.78 bits per heavy atom. The van der Waals surface area contributed by atoms with Crippen LogP contribution in [0.3, 0.4) is 0 Å². The first-order valence-corrected chi connectivity index (χ1v) is 7.66. The molecule has 5 nitrogen and oxygen atoms in total. The highest BCUT2D eigenvalue weighted by Crippen LogP contribution is 2.16. The third-order valence-electron chi connectivity index (χ3n) is 3.46. The molecule has 23 heavy (non-hydrogen) atoms. The van der Waals surface area contributed by atoms with Crippen molar-refractivity contribution in [3.8, 4) is 6.07 Å². The SMILES string of the molecule is Cc1ccc(CC(COCCC#N)Nc2ncccc2N)cc1. The van der Waals surface area contributed by atoms with E-state index in [4.69, 9.17) is 15.7 Å². The summed E-state index contributed by atoms with van der Waals surface area (Å²) < 4.78 is 5.59. The fourth-order valence-electron chi connectivity index (χ4n) is 2.24. The average Bonchev–Trinajstić information content (AvgIpc) is 2.55. The minimum absolute atomic E-state index is 0.0357. The summed E-state index contributed by atoms with van der Waals surface area (Å²) in [6.45, 7) is 2.99. The van der Waals surface area contributed by atoms with Gasteiger partial charge in [0.15, 0.2) is 0 Å². The van der Waals surface area contributed by atoms with Gasteiger partial charge in [-0.3, -0.25) is 0 Å². The Hall–Kier alpha value is -2.58. The Balaban J connectivity index is 2.03. The van der Waals surface area contributed by atoms with Crippen LogP contribution in [-0.2, 0) is 11.2 Å². The number of nitrogen functional groups attached to an aromatic ring is 1. The van der Waals surface area contributed by atoms with E-state index in [1.165, 1.54) is 11.1 Å². The van der Waals surface area contributed by atoms with Crippen molar-refractivity contribution in [2.75, 3.05) is 24.3 Å². The zero-order chi connectivity index (χ0) is 16.5. The summed E-state index contributed by atoms with van der Waals surface area (Å²) in [6, 6.07) is 14.1. The molecule has 0 bridgehead atoms. The molecule has 1 unspecified atom stereocenters. The number of hydrogen-bond donors (Lipinski definition) is 2. The minimum atomic E-state index is 0.0357. The summed E-state index contributed by atoms with van der Waals surface area (Å²) >= 11 is 0. The zero-order valence-electron chi connectivity index (χ0n) is 13.3. The highest BCUT2D eigenvalue weighted by molar-refractivity contribution is 5.60. The van der Waals surface area contributed by atoms with Crippen molar-refractivity contribution in [3.63, 3.8) is 0 Å². The van der Waals surface area contributed by atoms with Crippen LogP contribution in [0.4, 0.5) is 11.5 Å². The number of anilines is 2. The van der Waals surface area contributed by atoms with E-state index in [1.54, 1.807) is 12.3 Å². The van der Waals surface area contributed by atoms with Gasteiger partial charge < -0.3 is 15.8 Å². The van der Waals surface area contributed by atoms with Gasteiger partial charge in [-0.2, -0.15) is 5.26 Å². The molecule has 0 saturated heterocycles. The van der Waals surface area contributed by atoms with Crippen LogP contribution in [0.2, 0.25) is 0 Å². The molecule has 0 amide bonds. The van der Waals surface area contributed by atoms with E-state index in [0.29, 0.717) is 31.1 Å². The largest absolute Gasteiger partial charge is 0.396 e. The Morgan fingerprint density at radius 2 is 2.09 bits per heavy atom. The van der Waals surface area contributed by atoms with Crippen molar-refractivity contribution < 1.29 is 4.74 Å². The number of benzene rings is 1. The Morgan fingerprint density at radius 1 is 1.30 bits per heavy atom. The van der Waals surface area contributed by atoms with Gasteiger partial charge in [-0.25, -0.2) is 4.98 Å². The maximum Gasteiger partial charge on any atom is 0.149 e. The molecular weight excluding hydrogens is 288 g/mol. The molecule has 5 heteroatoms. The van der Waals surface area contributed by atoms with Crippen LogP contribution in [0.5, 0.6) is 0 Å². The zero-order valence-corrected chi connectivity index (χ0v) is 13.3. The molecule has 0 fully saturated rings. The first-order chi connectivity index (χ1) is 11.2. The van der Waals surface area contributed by atoms with E-state index >= 15 is 0 Å². The molecule has 0 aliphatic rings. The highest BCUT2D eigenvalue weighted by atomic mass is 16.5. The molecule has 3 N–H and O–H groups in total. The van der Waals surface area contributed by atoms with Gasteiger partial charge >= 0.3 is 0 Å². The lowest BCUT2D eigenvalue weighted by Crippen LogP contribution is -2.29. The van der Waals surface area contributed by atoms with Crippen molar-refractivity contribution in [1.29, 1.82) is 5.26 Å². The number of aryl methyl sites for hydroxylation is 1. The Bertz CT molecular complexity index is 649. The van der Waals surface area contributed by atoms with Crippen LogP contribution in [0, 0.1) is 18.3 Å². The number of rotatable bonds is 8. The molecule has 1 aromatic carbocycles. The second-order valence-electron chi connectivity index (χ2n) is 5.46. The smallest absolute Gasteiger partial charge is 0.149 e. The predicted octanol–water partition coefficient (Wildman–Crippen LogP) is 2.93. The first-order valence-electron chi connectivity index (χ1n) is 7.66. The number of aromatic nitrogens is 1. The summed E-state index contributed by atoms with van der Waals surface area (Å²) in [7, 11) is 0. The molecule has 1 atom stereocenters. The van der Waals surface area contributed by atoms with Crippen LogP contribution in [0.1, 0.15) is 17.5 Å². The minimum Gasteiger partial charge on any atom is -0.396 e. The molecule has 0 aliphatic heterocycles. The molecular formula is C18H22N4O. The third-order valence-corrected chi connectivity index (χ3v) is 3.46. The Labute approximate surface area is 137 Å². The number of nitrogens with two attached hydrogens (primary N) is 1. The van der Waals surface area contributed by atoms with Crippen molar-refractivity contribution in [3.05, 3.63) is 53.7 Å². The predicted molar refractivity (Wildman–Crippen MR) is 92.0 cm³/mol. The van der Waals surface area contributed by atoms with Gasteiger partial charge in [0.25, 0.3) is 0 Å². The highest BCUT2D eigenvalue weighted by Gasteiger charge is 2.12. The number of pyridine rings is 1. The summed E-state index contributed by atoms with van der Waals surface area (Å²) in [5.41, 5.74) is 9.01. The summed E-state index contributed by atoms with van der Waals surface area (Å²) in [5, 5.41) is 11.9. The molecule has 2 aromatic rings. The molecule has 0 spiro atoms. The second-order valence-corrected chi connectivity index (χ2v) is 5.46. The topological polar surface area (TPSA) is 84.0 Å². The molecule has 2 rings (SSSR count). The molecule has 1 heterocycles. The van der Waals surface area contributed by atoms with Crippen molar-refractivity contribution in [1.82, 2.24) is 4.98 Å². The lowest BCUT2D eigenvalue weighted by Gasteiger charge is -2.20.